The first-order valence-electron chi connectivity index (χ1n) is 6.77. The van der Waals surface area contributed by atoms with Crippen molar-refractivity contribution in [3.63, 3.8) is 0 Å². The number of sulfone groups is 1. The lowest BCUT2D eigenvalue weighted by molar-refractivity contribution is 0.318. The van der Waals surface area contributed by atoms with Crippen LogP contribution in [-0.4, -0.2) is 24.8 Å². The van der Waals surface area contributed by atoms with Crippen LogP contribution in [0.3, 0.4) is 0 Å². The SMILES string of the molecule is CC(c1noc(C2Cc3ccccc3CN2)n1)S(C)(=O)=O. The molecule has 0 aliphatic carbocycles. The Hall–Kier alpha value is -1.73. The molecule has 3 rings (SSSR count). The van der Waals surface area contributed by atoms with Gasteiger partial charge in [0.15, 0.2) is 15.7 Å². The van der Waals surface area contributed by atoms with E-state index in [-0.39, 0.29) is 11.9 Å². The number of nitrogens with one attached hydrogen (secondary N) is 1. The Kier molecular flexibility index (Phi) is 3.54. The van der Waals surface area contributed by atoms with Gasteiger partial charge in [-0.3, -0.25) is 0 Å². The smallest absolute Gasteiger partial charge is 0.244 e. The molecule has 0 radical (unpaired) electrons. The molecule has 2 atom stereocenters. The third-order valence-corrected chi connectivity index (χ3v) is 5.34. The van der Waals surface area contributed by atoms with E-state index in [2.05, 4.69) is 27.6 Å². The van der Waals surface area contributed by atoms with Crippen LogP contribution in [0.15, 0.2) is 28.8 Å². The topological polar surface area (TPSA) is 85.1 Å². The summed E-state index contributed by atoms with van der Waals surface area (Å²) in [6.07, 6.45) is 1.92. The van der Waals surface area contributed by atoms with Gasteiger partial charge in [-0.15, -0.1) is 0 Å². The zero-order valence-corrected chi connectivity index (χ0v) is 12.7. The second-order valence-electron chi connectivity index (χ2n) is 5.37. The lowest BCUT2D eigenvalue weighted by Crippen LogP contribution is -2.28. The second-order valence-corrected chi connectivity index (χ2v) is 7.74. The Balaban J connectivity index is 1.82. The summed E-state index contributed by atoms with van der Waals surface area (Å²) in [5, 5.41) is 6.39. The van der Waals surface area contributed by atoms with E-state index in [0.717, 1.165) is 13.0 Å². The van der Waals surface area contributed by atoms with Gasteiger partial charge in [0.05, 0.1) is 6.04 Å². The lowest BCUT2D eigenvalue weighted by Gasteiger charge is -2.23. The Morgan fingerprint density at radius 3 is 2.76 bits per heavy atom. The van der Waals surface area contributed by atoms with Gasteiger partial charge < -0.3 is 9.84 Å². The highest BCUT2D eigenvalue weighted by atomic mass is 32.2. The van der Waals surface area contributed by atoms with Crippen LogP contribution < -0.4 is 5.32 Å². The molecule has 112 valence electrons. The quantitative estimate of drug-likeness (QED) is 0.926. The van der Waals surface area contributed by atoms with Gasteiger partial charge in [-0.1, -0.05) is 29.4 Å². The summed E-state index contributed by atoms with van der Waals surface area (Å²) >= 11 is 0. The molecule has 1 aliphatic rings. The predicted octanol–water partition coefficient (Wildman–Crippen LogP) is 1.56. The summed E-state index contributed by atoms with van der Waals surface area (Å²) in [5.74, 6) is 0.656. The fraction of sp³-hybridized carbons (Fsp3) is 0.429. The normalized spacial score (nSPS) is 20.0. The van der Waals surface area contributed by atoms with E-state index in [1.165, 1.54) is 17.4 Å². The molecule has 1 aliphatic heterocycles. The molecular weight excluding hydrogens is 290 g/mol. The highest BCUT2D eigenvalue weighted by molar-refractivity contribution is 7.90. The molecule has 0 spiro atoms. The molecule has 0 saturated carbocycles. The van der Waals surface area contributed by atoms with E-state index in [1.807, 2.05) is 12.1 Å². The molecule has 2 unspecified atom stereocenters. The molecule has 6 nitrogen and oxygen atoms in total. The van der Waals surface area contributed by atoms with Crippen LogP contribution >= 0.6 is 0 Å². The maximum Gasteiger partial charge on any atom is 0.244 e. The number of benzene rings is 1. The van der Waals surface area contributed by atoms with Gasteiger partial charge in [0.1, 0.15) is 5.25 Å². The van der Waals surface area contributed by atoms with Crippen LogP contribution in [0, 0.1) is 0 Å². The van der Waals surface area contributed by atoms with E-state index >= 15 is 0 Å². The molecule has 0 fully saturated rings. The van der Waals surface area contributed by atoms with E-state index in [4.69, 9.17) is 4.52 Å². The molecule has 0 saturated heterocycles. The highest BCUT2D eigenvalue weighted by Crippen LogP contribution is 2.26. The Morgan fingerprint density at radius 1 is 1.33 bits per heavy atom. The van der Waals surface area contributed by atoms with Crippen molar-refractivity contribution in [3.8, 4) is 0 Å². The van der Waals surface area contributed by atoms with Crippen molar-refractivity contribution in [2.75, 3.05) is 6.26 Å². The van der Waals surface area contributed by atoms with Gasteiger partial charge in [-0.2, -0.15) is 4.98 Å². The van der Waals surface area contributed by atoms with Crippen LogP contribution in [0.1, 0.15) is 41.1 Å². The van der Waals surface area contributed by atoms with Crippen molar-refractivity contribution >= 4 is 9.84 Å². The summed E-state index contributed by atoms with van der Waals surface area (Å²) in [4.78, 5) is 4.25. The van der Waals surface area contributed by atoms with Crippen molar-refractivity contribution in [1.82, 2.24) is 15.5 Å². The summed E-state index contributed by atoms with van der Waals surface area (Å²) in [7, 11) is -3.23. The van der Waals surface area contributed by atoms with Crippen molar-refractivity contribution in [3.05, 3.63) is 47.1 Å². The zero-order chi connectivity index (χ0) is 15.0. The molecule has 1 aromatic carbocycles. The summed E-state index contributed by atoms with van der Waals surface area (Å²) in [6.45, 7) is 2.30. The van der Waals surface area contributed by atoms with E-state index in [0.29, 0.717) is 5.89 Å². The summed E-state index contributed by atoms with van der Waals surface area (Å²) in [5.41, 5.74) is 2.51. The average molecular weight is 307 g/mol. The van der Waals surface area contributed by atoms with Crippen LogP contribution in [0.25, 0.3) is 0 Å². The molecule has 2 heterocycles. The summed E-state index contributed by atoms with van der Waals surface area (Å²) in [6, 6.07) is 8.11. The molecule has 0 bridgehead atoms. The van der Waals surface area contributed by atoms with E-state index in [1.54, 1.807) is 6.92 Å². The minimum Gasteiger partial charge on any atom is -0.338 e. The number of hydrogen-bond donors (Lipinski definition) is 1. The zero-order valence-electron chi connectivity index (χ0n) is 11.9. The van der Waals surface area contributed by atoms with Gasteiger partial charge in [-0.25, -0.2) is 8.42 Å². The van der Waals surface area contributed by atoms with Crippen LogP contribution in [-0.2, 0) is 22.8 Å². The maximum absolute atomic E-state index is 11.5. The standard InChI is InChI=1S/C14H17N3O3S/c1-9(21(2,18)19)13-16-14(20-17-13)12-7-10-5-3-4-6-11(10)8-15-12/h3-6,9,12,15H,7-8H2,1-2H3. The summed E-state index contributed by atoms with van der Waals surface area (Å²) < 4.78 is 28.3. The Bertz CT molecular complexity index is 754. The first kappa shape index (κ1) is 14.2. The fourth-order valence-electron chi connectivity index (χ4n) is 2.37. The van der Waals surface area contributed by atoms with Gasteiger partial charge in [0.2, 0.25) is 5.89 Å². The Morgan fingerprint density at radius 2 is 2.05 bits per heavy atom. The van der Waals surface area contributed by atoms with Gasteiger partial charge in [0.25, 0.3) is 0 Å². The molecule has 21 heavy (non-hydrogen) atoms. The minimum absolute atomic E-state index is 0.0760. The number of nitrogens with zero attached hydrogens (tertiary/aromatic N) is 2. The second kappa shape index (κ2) is 5.23. The third kappa shape index (κ3) is 2.84. The van der Waals surface area contributed by atoms with Crippen LogP contribution in [0.5, 0.6) is 0 Å². The number of fused-ring (bicyclic) bond motifs is 1. The molecule has 2 aromatic rings. The number of hydrogen-bond acceptors (Lipinski definition) is 6. The minimum atomic E-state index is -3.23. The Labute approximate surface area is 123 Å². The predicted molar refractivity (Wildman–Crippen MR) is 77.3 cm³/mol. The first-order valence-corrected chi connectivity index (χ1v) is 8.73. The molecular formula is C14H17N3O3S. The third-order valence-electron chi connectivity index (χ3n) is 3.84. The van der Waals surface area contributed by atoms with E-state index in [9.17, 15) is 8.42 Å². The van der Waals surface area contributed by atoms with Gasteiger partial charge in [0, 0.05) is 12.8 Å². The molecule has 1 N–H and O–H groups in total. The largest absolute Gasteiger partial charge is 0.338 e. The monoisotopic (exact) mass is 307 g/mol. The number of rotatable bonds is 3. The van der Waals surface area contributed by atoms with Gasteiger partial charge >= 0.3 is 0 Å². The highest BCUT2D eigenvalue weighted by Gasteiger charge is 2.28. The van der Waals surface area contributed by atoms with E-state index < -0.39 is 15.1 Å². The fourth-order valence-corrected chi connectivity index (χ4v) is 2.85. The molecule has 7 heteroatoms. The van der Waals surface area contributed by atoms with Crippen LogP contribution in [0.4, 0.5) is 0 Å². The van der Waals surface area contributed by atoms with Crippen molar-refractivity contribution in [2.24, 2.45) is 0 Å². The van der Waals surface area contributed by atoms with Gasteiger partial charge in [-0.05, 0) is 24.5 Å². The average Bonchev–Trinajstić information content (AvgIpc) is 2.94. The van der Waals surface area contributed by atoms with Crippen molar-refractivity contribution < 1.29 is 12.9 Å². The van der Waals surface area contributed by atoms with Crippen molar-refractivity contribution in [2.45, 2.75) is 31.2 Å². The molecule has 1 aromatic heterocycles. The molecule has 0 amide bonds. The van der Waals surface area contributed by atoms with Crippen molar-refractivity contribution in [1.29, 1.82) is 0 Å². The lowest BCUT2D eigenvalue weighted by atomic mass is 9.96. The number of aromatic nitrogens is 2. The first-order chi connectivity index (χ1) is 9.95. The maximum atomic E-state index is 11.5. The van der Waals surface area contributed by atoms with Crippen LogP contribution in [0.2, 0.25) is 0 Å².